The second kappa shape index (κ2) is 5.50. The fourth-order valence-electron chi connectivity index (χ4n) is 2.47. The molecule has 0 amide bonds. The van der Waals surface area contributed by atoms with E-state index in [2.05, 4.69) is 37.5 Å². The summed E-state index contributed by atoms with van der Waals surface area (Å²) in [6.07, 6.45) is 2.36. The van der Waals surface area contributed by atoms with Crippen molar-refractivity contribution in [2.75, 3.05) is 13.1 Å². The maximum Gasteiger partial charge on any atom is 0.0739 e. The van der Waals surface area contributed by atoms with Gasteiger partial charge in [0.05, 0.1) is 15.9 Å². The first-order valence-electron chi connectivity index (χ1n) is 6.31. The van der Waals surface area contributed by atoms with Crippen LogP contribution in [0, 0.1) is 6.92 Å². The number of nitrogens with two attached hydrogens (primary N) is 1. The summed E-state index contributed by atoms with van der Waals surface area (Å²) >= 11 is 3.64. The van der Waals surface area contributed by atoms with Crippen molar-refractivity contribution in [1.82, 2.24) is 14.7 Å². The molecule has 0 aromatic carbocycles. The molecule has 2 rings (SSSR count). The van der Waals surface area contributed by atoms with Crippen LogP contribution in [0.25, 0.3) is 0 Å². The highest BCUT2D eigenvalue weighted by molar-refractivity contribution is 9.10. The molecule has 0 radical (unpaired) electrons. The van der Waals surface area contributed by atoms with Gasteiger partial charge >= 0.3 is 0 Å². The average molecular weight is 301 g/mol. The van der Waals surface area contributed by atoms with Gasteiger partial charge in [0, 0.05) is 25.7 Å². The van der Waals surface area contributed by atoms with Gasteiger partial charge in [-0.1, -0.05) is 0 Å². The summed E-state index contributed by atoms with van der Waals surface area (Å²) in [6, 6.07) is 0.335. The van der Waals surface area contributed by atoms with Crippen molar-refractivity contribution in [3.05, 3.63) is 15.9 Å². The van der Waals surface area contributed by atoms with Gasteiger partial charge in [0.2, 0.25) is 0 Å². The molecule has 1 saturated heterocycles. The van der Waals surface area contributed by atoms with Gasteiger partial charge in [0.15, 0.2) is 0 Å². The molecule has 0 spiro atoms. The van der Waals surface area contributed by atoms with Crippen LogP contribution in [0.5, 0.6) is 0 Å². The van der Waals surface area contributed by atoms with E-state index in [1.54, 1.807) is 0 Å². The van der Waals surface area contributed by atoms with Crippen molar-refractivity contribution in [2.24, 2.45) is 5.73 Å². The van der Waals surface area contributed by atoms with Crippen molar-refractivity contribution in [2.45, 2.75) is 45.8 Å². The highest BCUT2D eigenvalue weighted by Gasteiger charge is 2.20. The first-order valence-corrected chi connectivity index (χ1v) is 7.10. The highest BCUT2D eigenvalue weighted by atomic mass is 79.9. The topological polar surface area (TPSA) is 47.1 Å². The van der Waals surface area contributed by atoms with Crippen molar-refractivity contribution >= 4 is 15.9 Å². The summed E-state index contributed by atoms with van der Waals surface area (Å²) in [5.74, 6) is 0. The van der Waals surface area contributed by atoms with Crippen LogP contribution < -0.4 is 5.73 Å². The van der Waals surface area contributed by atoms with Crippen LogP contribution in [0.1, 0.15) is 31.2 Å². The van der Waals surface area contributed by atoms with Gasteiger partial charge in [-0.25, -0.2) is 0 Å². The molecule has 1 aliphatic heterocycles. The zero-order chi connectivity index (χ0) is 12.4. The first-order chi connectivity index (χ1) is 8.11. The molecule has 1 atom stereocenters. The number of hydrogen-bond acceptors (Lipinski definition) is 3. The lowest BCUT2D eigenvalue weighted by Gasteiger charge is -2.30. The number of piperidine rings is 1. The smallest absolute Gasteiger partial charge is 0.0739 e. The molecule has 96 valence electrons. The Hall–Kier alpha value is -0.390. The van der Waals surface area contributed by atoms with E-state index in [9.17, 15) is 0 Å². The third-order valence-corrected chi connectivity index (χ3v) is 4.40. The summed E-state index contributed by atoms with van der Waals surface area (Å²) < 4.78 is 3.23. The Kier molecular flexibility index (Phi) is 4.22. The molecule has 1 unspecified atom stereocenters. The van der Waals surface area contributed by atoms with Crippen LogP contribution in [0.15, 0.2) is 4.47 Å². The minimum atomic E-state index is 0.335. The predicted molar refractivity (Wildman–Crippen MR) is 72.8 cm³/mol. The highest BCUT2D eigenvalue weighted by Crippen LogP contribution is 2.23. The van der Waals surface area contributed by atoms with Gasteiger partial charge in [-0.15, -0.1) is 0 Å². The van der Waals surface area contributed by atoms with Crippen LogP contribution >= 0.6 is 15.9 Å². The molecule has 2 heterocycles. The molecule has 1 fully saturated rings. The van der Waals surface area contributed by atoms with Crippen molar-refractivity contribution in [3.63, 3.8) is 0 Å². The summed E-state index contributed by atoms with van der Waals surface area (Å²) in [4.78, 5) is 2.43. The number of halogens is 1. The second-order valence-corrected chi connectivity index (χ2v) is 5.59. The Balaban J connectivity index is 2.12. The molecule has 2 N–H and O–H groups in total. The monoisotopic (exact) mass is 300 g/mol. The largest absolute Gasteiger partial charge is 0.327 e. The van der Waals surface area contributed by atoms with E-state index in [4.69, 9.17) is 5.73 Å². The number of aromatic nitrogens is 2. The van der Waals surface area contributed by atoms with E-state index in [1.165, 1.54) is 12.1 Å². The molecular weight excluding hydrogens is 280 g/mol. The molecule has 1 aliphatic rings. The van der Waals surface area contributed by atoms with Crippen molar-refractivity contribution in [1.29, 1.82) is 0 Å². The van der Waals surface area contributed by atoms with E-state index in [1.807, 2.05) is 6.92 Å². The van der Waals surface area contributed by atoms with Crippen LogP contribution in [0.4, 0.5) is 0 Å². The second-order valence-electron chi connectivity index (χ2n) is 4.80. The normalized spacial score (nSPS) is 22.0. The lowest BCUT2D eigenvalue weighted by Crippen LogP contribution is -2.42. The quantitative estimate of drug-likeness (QED) is 0.927. The van der Waals surface area contributed by atoms with E-state index < -0.39 is 0 Å². The van der Waals surface area contributed by atoms with Gasteiger partial charge in [-0.3, -0.25) is 9.58 Å². The van der Waals surface area contributed by atoms with Crippen molar-refractivity contribution in [3.8, 4) is 0 Å². The van der Waals surface area contributed by atoms with Gasteiger partial charge < -0.3 is 5.73 Å². The molecule has 0 bridgehead atoms. The Morgan fingerprint density at radius 3 is 2.94 bits per heavy atom. The Labute approximate surface area is 111 Å². The van der Waals surface area contributed by atoms with Gasteiger partial charge in [0.1, 0.15) is 0 Å². The van der Waals surface area contributed by atoms with Crippen LogP contribution in [0.2, 0.25) is 0 Å². The lowest BCUT2D eigenvalue weighted by molar-refractivity contribution is 0.196. The minimum Gasteiger partial charge on any atom is -0.327 e. The predicted octanol–water partition coefficient (Wildman–Crippen LogP) is 1.90. The van der Waals surface area contributed by atoms with E-state index >= 15 is 0 Å². The third kappa shape index (κ3) is 2.89. The molecule has 1 aromatic heterocycles. The average Bonchev–Trinajstić information content (AvgIpc) is 2.57. The minimum absolute atomic E-state index is 0.335. The lowest BCUT2D eigenvalue weighted by atomic mass is 10.1. The zero-order valence-electron chi connectivity index (χ0n) is 10.6. The van der Waals surface area contributed by atoms with Crippen molar-refractivity contribution < 1.29 is 0 Å². The SMILES string of the molecule is CCn1nc(C)c(Br)c1CN1CCCC(N)C1. The van der Waals surface area contributed by atoms with E-state index in [-0.39, 0.29) is 0 Å². The maximum atomic E-state index is 6.02. The molecule has 1 aromatic rings. The molecule has 4 nitrogen and oxygen atoms in total. The molecule has 5 heteroatoms. The van der Waals surface area contributed by atoms with Gasteiger partial charge in [0.25, 0.3) is 0 Å². The van der Waals surface area contributed by atoms with E-state index in [0.717, 1.165) is 42.8 Å². The van der Waals surface area contributed by atoms with E-state index in [0.29, 0.717) is 6.04 Å². The van der Waals surface area contributed by atoms with Crippen LogP contribution in [-0.4, -0.2) is 33.8 Å². The standard InChI is InChI=1S/C12H21BrN4/c1-3-17-11(12(13)9(2)15-17)8-16-6-4-5-10(14)7-16/h10H,3-8,14H2,1-2H3. The molecular formula is C12H21BrN4. The number of rotatable bonds is 3. The maximum absolute atomic E-state index is 6.02. The van der Waals surface area contributed by atoms with Crippen LogP contribution in [-0.2, 0) is 13.1 Å². The zero-order valence-corrected chi connectivity index (χ0v) is 12.2. The Bertz CT molecular complexity index is 388. The fourth-order valence-corrected chi connectivity index (χ4v) is 2.88. The Morgan fingerprint density at radius 2 is 2.29 bits per heavy atom. The number of likely N-dealkylation sites (tertiary alicyclic amines) is 1. The summed E-state index contributed by atoms with van der Waals surface area (Å²) in [7, 11) is 0. The third-order valence-electron chi connectivity index (χ3n) is 3.37. The molecule has 0 saturated carbocycles. The van der Waals surface area contributed by atoms with Gasteiger partial charge in [-0.2, -0.15) is 5.10 Å². The summed E-state index contributed by atoms with van der Waals surface area (Å²) in [5, 5.41) is 4.53. The summed E-state index contributed by atoms with van der Waals surface area (Å²) in [6.45, 7) is 8.19. The van der Waals surface area contributed by atoms with Gasteiger partial charge in [-0.05, 0) is 49.2 Å². The number of nitrogens with zero attached hydrogens (tertiary/aromatic N) is 3. The number of hydrogen-bond donors (Lipinski definition) is 1. The fraction of sp³-hybridized carbons (Fsp3) is 0.750. The Morgan fingerprint density at radius 1 is 1.53 bits per heavy atom. The van der Waals surface area contributed by atoms with Crippen LogP contribution in [0.3, 0.4) is 0 Å². The molecule has 17 heavy (non-hydrogen) atoms. The number of aryl methyl sites for hydroxylation is 2. The molecule has 0 aliphatic carbocycles. The first kappa shape index (κ1) is 13.1. The summed E-state index contributed by atoms with van der Waals surface area (Å²) in [5.41, 5.74) is 8.37.